The average molecular weight is 418 g/mol. The van der Waals surface area contributed by atoms with E-state index in [1.807, 2.05) is 6.92 Å². The van der Waals surface area contributed by atoms with Gasteiger partial charge >= 0.3 is 5.97 Å². The molecule has 1 unspecified atom stereocenters. The number of hydrogen-bond donors (Lipinski definition) is 0. The molecule has 6 nitrogen and oxygen atoms in total. The van der Waals surface area contributed by atoms with Crippen molar-refractivity contribution in [2.75, 3.05) is 31.2 Å². The third-order valence-electron chi connectivity index (χ3n) is 4.63. The summed E-state index contributed by atoms with van der Waals surface area (Å²) in [7, 11) is -2.17. The van der Waals surface area contributed by atoms with E-state index in [9.17, 15) is 13.2 Å². The minimum atomic E-state index is -3.49. The zero-order valence-electron chi connectivity index (χ0n) is 13.6. The summed E-state index contributed by atoms with van der Waals surface area (Å²) in [4.78, 5) is 12.1. The fourth-order valence-electron chi connectivity index (χ4n) is 3.44. The first-order chi connectivity index (χ1) is 11.4. The molecule has 2 heterocycles. The van der Waals surface area contributed by atoms with Gasteiger partial charge in [-0.2, -0.15) is 0 Å². The zero-order valence-corrected chi connectivity index (χ0v) is 16.0. The number of sulfonamides is 1. The van der Waals surface area contributed by atoms with Crippen molar-refractivity contribution in [3.8, 4) is 0 Å². The Labute approximate surface area is 150 Å². The Morgan fingerprint density at radius 2 is 2.00 bits per heavy atom. The van der Waals surface area contributed by atoms with Gasteiger partial charge in [-0.25, -0.2) is 13.2 Å². The molecule has 1 saturated heterocycles. The van der Waals surface area contributed by atoms with Gasteiger partial charge in [0.05, 0.1) is 23.6 Å². The van der Waals surface area contributed by atoms with Gasteiger partial charge < -0.3 is 9.47 Å². The Balaban J connectivity index is 2.07. The number of nitrogens with zero attached hydrogens (tertiary/aromatic N) is 1. The lowest BCUT2D eigenvalue weighted by molar-refractivity contribution is 0.0599. The fraction of sp³-hybridized carbons (Fsp3) is 0.562. The summed E-state index contributed by atoms with van der Waals surface area (Å²) in [5, 5.41) is -0.440. The van der Waals surface area contributed by atoms with Crippen molar-refractivity contribution in [2.45, 2.75) is 30.9 Å². The first-order valence-corrected chi connectivity index (χ1v) is 10.2. The van der Waals surface area contributed by atoms with Crippen molar-refractivity contribution < 1.29 is 22.7 Å². The molecule has 2 aliphatic heterocycles. The number of fused-ring (bicyclic) bond motifs is 1. The second kappa shape index (κ2) is 6.65. The van der Waals surface area contributed by atoms with Crippen LogP contribution in [-0.4, -0.2) is 46.5 Å². The Kier molecular flexibility index (Phi) is 4.90. The van der Waals surface area contributed by atoms with Gasteiger partial charge in [0.1, 0.15) is 0 Å². The van der Waals surface area contributed by atoms with Crippen molar-refractivity contribution >= 4 is 37.6 Å². The molecule has 0 amide bonds. The van der Waals surface area contributed by atoms with E-state index >= 15 is 0 Å². The minimum absolute atomic E-state index is 0.0724. The standard InChI is InChI=1S/C16H20BrNO5S/c1-10-9-18(24(20,21)12-3-5-23-6-4-12)14-8-11(17)7-13(15(10)14)16(19)22-2/h7-8,10,12H,3-6,9H2,1-2H3. The van der Waals surface area contributed by atoms with Crippen LogP contribution < -0.4 is 4.31 Å². The SMILES string of the molecule is COC(=O)c1cc(Br)cc2c1C(C)CN2S(=O)(=O)C1CCOCC1. The van der Waals surface area contributed by atoms with Gasteiger partial charge in [-0.1, -0.05) is 22.9 Å². The number of benzene rings is 1. The van der Waals surface area contributed by atoms with Crippen molar-refractivity contribution in [2.24, 2.45) is 0 Å². The molecule has 0 aliphatic carbocycles. The van der Waals surface area contributed by atoms with Crippen LogP contribution >= 0.6 is 15.9 Å². The fourth-order valence-corrected chi connectivity index (χ4v) is 5.89. The van der Waals surface area contributed by atoms with E-state index in [0.717, 1.165) is 5.56 Å². The smallest absolute Gasteiger partial charge is 0.338 e. The molecule has 1 fully saturated rings. The molecule has 132 valence electrons. The second-order valence-corrected chi connectivity index (χ2v) is 9.22. The topological polar surface area (TPSA) is 72.9 Å². The van der Waals surface area contributed by atoms with Crippen LogP contribution in [0.1, 0.15) is 41.6 Å². The first kappa shape index (κ1) is 17.7. The van der Waals surface area contributed by atoms with E-state index in [2.05, 4.69) is 15.9 Å². The van der Waals surface area contributed by atoms with Gasteiger partial charge in [0.2, 0.25) is 10.0 Å². The maximum absolute atomic E-state index is 13.1. The lowest BCUT2D eigenvalue weighted by Gasteiger charge is -2.29. The number of anilines is 1. The number of methoxy groups -OCH3 is 1. The molecular formula is C16H20BrNO5S. The second-order valence-electron chi connectivity index (χ2n) is 6.17. The van der Waals surface area contributed by atoms with Crippen LogP contribution in [0.15, 0.2) is 16.6 Å². The minimum Gasteiger partial charge on any atom is -0.465 e. The molecule has 0 spiro atoms. The molecular weight excluding hydrogens is 398 g/mol. The molecule has 3 rings (SSSR count). The average Bonchev–Trinajstić information content (AvgIpc) is 2.91. The lowest BCUT2D eigenvalue weighted by Crippen LogP contribution is -2.40. The Hall–Kier alpha value is -1.12. The van der Waals surface area contributed by atoms with E-state index in [0.29, 0.717) is 48.3 Å². The predicted octanol–water partition coefficient (Wildman–Crippen LogP) is 2.67. The van der Waals surface area contributed by atoms with E-state index in [1.54, 1.807) is 12.1 Å². The summed E-state index contributed by atoms with van der Waals surface area (Å²) in [6.45, 7) is 3.20. The van der Waals surface area contributed by atoms with Crippen LogP contribution in [0.2, 0.25) is 0 Å². The third kappa shape index (κ3) is 2.95. The molecule has 0 N–H and O–H groups in total. The summed E-state index contributed by atoms with van der Waals surface area (Å²) in [5.74, 6) is -0.526. The summed E-state index contributed by atoms with van der Waals surface area (Å²) < 4.78 is 38.4. The molecule has 1 atom stereocenters. The quantitative estimate of drug-likeness (QED) is 0.706. The number of carbonyl (C=O) groups excluding carboxylic acids is 1. The lowest BCUT2D eigenvalue weighted by atomic mass is 9.97. The normalized spacial score (nSPS) is 21.6. The Morgan fingerprint density at radius 1 is 1.33 bits per heavy atom. The largest absolute Gasteiger partial charge is 0.465 e. The molecule has 24 heavy (non-hydrogen) atoms. The molecule has 8 heteroatoms. The van der Waals surface area contributed by atoms with Gasteiger partial charge in [0.15, 0.2) is 0 Å². The van der Waals surface area contributed by atoms with Gasteiger partial charge in [-0.3, -0.25) is 4.31 Å². The van der Waals surface area contributed by atoms with Crippen LogP contribution in [0.25, 0.3) is 0 Å². The van der Waals surface area contributed by atoms with Crippen LogP contribution in [-0.2, 0) is 19.5 Å². The van der Waals surface area contributed by atoms with Crippen molar-refractivity contribution in [1.82, 2.24) is 0 Å². The van der Waals surface area contributed by atoms with Crippen LogP contribution in [0.5, 0.6) is 0 Å². The number of esters is 1. The monoisotopic (exact) mass is 417 g/mol. The Morgan fingerprint density at radius 3 is 2.62 bits per heavy atom. The first-order valence-electron chi connectivity index (χ1n) is 7.87. The zero-order chi connectivity index (χ0) is 17.5. The highest BCUT2D eigenvalue weighted by molar-refractivity contribution is 9.10. The van der Waals surface area contributed by atoms with E-state index in [-0.39, 0.29) is 5.92 Å². The maximum Gasteiger partial charge on any atom is 0.338 e. The summed E-state index contributed by atoms with van der Waals surface area (Å²) >= 11 is 3.37. The van der Waals surface area contributed by atoms with Gasteiger partial charge in [-0.05, 0) is 30.5 Å². The molecule has 0 saturated carbocycles. The molecule has 1 aromatic rings. The Bertz CT molecular complexity index is 758. The molecule has 1 aromatic carbocycles. The van der Waals surface area contributed by atoms with Gasteiger partial charge in [0, 0.05) is 30.1 Å². The third-order valence-corrected chi connectivity index (χ3v) is 7.36. The summed E-state index contributed by atoms with van der Waals surface area (Å²) in [5.41, 5.74) is 1.73. The number of ether oxygens (including phenoxy) is 2. The van der Waals surface area contributed by atoms with Gasteiger partial charge in [0.25, 0.3) is 0 Å². The predicted molar refractivity (Wildman–Crippen MR) is 94.0 cm³/mol. The molecule has 0 aromatic heterocycles. The van der Waals surface area contributed by atoms with Crippen molar-refractivity contribution in [3.05, 3.63) is 27.7 Å². The van der Waals surface area contributed by atoms with Crippen molar-refractivity contribution in [1.29, 1.82) is 0 Å². The van der Waals surface area contributed by atoms with Gasteiger partial charge in [-0.15, -0.1) is 0 Å². The summed E-state index contributed by atoms with van der Waals surface area (Å²) in [6, 6.07) is 3.45. The molecule has 2 aliphatic rings. The molecule has 0 radical (unpaired) electrons. The maximum atomic E-state index is 13.1. The van der Waals surface area contributed by atoms with Crippen LogP contribution in [0.4, 0.5) is 5.69 Å². The van der Waals surface area contributed by atoms with E-state index in [1.165, 1.54) is 11.4 Å². The van der Waals surface area contributed by atoms with Crippen LogP contribution in [0.3, 0.4) is 0 Å². The highest BCUT2D eigenvalue weighted by atomic mass is 79.9. The van der Waals surface area contributed by atoms with Crippen LogP contribution in [0, 0.1) is 0 Å². The number of carbonyl (C=O) groups is 1. The molecule has 0 bridgehead atoms. The van der Waals surface area contributed by atoms with Crippen molar-refractivity contribution in [3.63, 3.8) is 0 Å². The number of hydrogen-bond acceptors (Lipinski definition) is 5. The van der Waals surface area contributed by atoms with E-state index < -0.39 is 21.2 Å². The van der Waals surface area contributed by atoms with E-state index in [4.69, 9.17) is 9.47 Å². The number of halogens is 1. The summed E-state index contributed by atoms with van der Waals surface area (Å²) in [6.07, 6.45) is 1.00. The highest BCUT2D eigenvalue weighted by Crippen LogP contribution is 2.43. The number of rotatable bonds is 3. The highest BCUT2D eigenvalue weighted by Gasteiger charge is 2.41.